The third kappa shape index (κ3) is 3.23. The van der Waals surface area contributed by atoms with E-state index in [9.17, 15) is 8.42 Å². The first kappa shape index (κ1) is 13.4. The third-order valence-electron chi connectivity index (χ3n) is 3.23. The molecule has 1 heterocycles. The fourth-order valence-corrected chi connectivity index (χ4v) is 3.14. The number of nitrogens with zero attached hydrogens (tertiary/aromatic N) is 1. The molecular weight excluding hydrogens is 248 g/mol. The number of hydrogen-bond donors (Lipinski definition) is 1. The van der Waals surface area contributed by atoms with E-state index in [1.165, 1.54) is 0 Å². The molecular formula is C13H20N2O2S. The molecule has 0 atom stereocenters. The predicted molar refractivity (Wildman–Crippen MR) is 74.2 cm³/mol. The number of anilines is 1. The van der Waals surface area contributed by atoms with E-state index in [2.05, 4.69) is 22.6 Å². The van der Waals surface area contributed by atoms with Crippen LogP contribution >= 0.6 is 0 Å². The average Bonchev–Trinajstić information content (AvgIpc) is 2.36. The Bertz CT molecular complexity index is 499. The van der Waals surface area contributed by atoms with Gasteiger partial charge < -0.3 is 4.90 Å². The van der Waals surface area contributed by atoms with Gasteiger partial charge in [-0.05, 0) is 18.1 Å². The Morgan fingerprint density at radius 3 is 2.89 bits per heavy atom. The predicted octanol–water partition coefficient (Wildman–Crippen LogP) is 1.73. The molecule has 0 aliphatic carbocycles. The Morgan fingerprint density at radius 1 is 1.33 bits per heavy atom. The largest absolute Gasteiger partial charge is 0.370 e. The lowest BCUT2D eigenvalue weighted by molar-refractivity contribution is 0.576. The summed E-state index contributed by atoms with van der Waals surface area (Å²) < 4.78 is 26.1. The third-order valence-corrected chi connectivity index (χ3v) is 4.53. The Balaban J connectivity index is 2.28. The Kier molecular flexibility index (Phi) is 4.24. The van der Waals surface area contributed by atoms with E-state index in [1.54, 1.807) is 0 Å². The van der Waals surface area contributed by atoms with Crippen molar-refractivity contribution in [2.24, 2.45) is 0 Å². The van der Waals surface area contributed by atoms with Crippen LogP contribution in [0.3, 0.4) is 0 Å². The molecule has 4 nitrogen and oxygen atoms in total. The normalized spacial score (nSPS) is 18.8. The van der Waals surface area contributed by atoms with Gasteiger partial charge in [-0.25, -0.2) is 13.1 Å². The van der Waals surface area contributed by atoms with Crippen LogP contribution in [0.4, 0.5) is 5.69 Å². The highest BCUT2D eigenvalue weighted by molar-refractivity contribution is 7.89. The van der Waals surface area contributed by atoms with Crippen LogP contribution in [0.5, 0.6) is 0 Å². The van der Waals surface area contributed by atoms with Crippen LogP contribution in [0.15, 0.2) is 24.3 Å². The standard InChI is InChI=1S/C13H20N2O2S/c1-2-3-8-15-9-10-18(16,17)14-11-12-6-4-5-7-13(12)15/h4-7,14H,2-3,8-11H2,1H3. The van der Waals surface area contributed by atoms with Crippen molar-refractivity contribution in [3.8, 4) is 0 Å². The zero-order chi connectivity index (χ0) is 13.0. The minimum atomic E-state index is -3.13. The highest BCUT2D eigenvalue weighted by atomic mass is 32.2. The van der Waals surface area contributed by atoms with Crippen LogP contribution in [0.25, 0.3) is 0 Å². The molecule has 1 aromatic carbocycles. The van der Waals surface area contributed by atoms with Gasteiger partial charge in [-0.15, -0.1) is 0 Å². The van der Waals surface area contributed by atoms with Crippen molar-refractivity contribution >= 4 is 15.7 Å². The molecule has 0 saturated carbocycles. The molecule has 1 aromatic rings. The first-order valence-electron chi connectivity index (χ1n) is 6.42. The number of unbranched alkanes of at least 4 members (excludes halogenated alkanes) is 1. The maximum atomic E-state index is 11.7. The quantitative estimate of drug-likeness (QED) is 0.908. The second-order valence-corrected chi connectivity index (χ2v) is 6.54. The van der Waals surface area contributed by atoms with E-state index in [-0.39, 0.29) is 5.75 Å². The van der Waals surface area contributed by atoms with Crippen LogP contribution in [0.2, 0.25) is 0 Å². The van der Waals surface area contributed by atoms with Gasteiger partial charge in [-0.3, -0.25) is 0 Å². The van der Waals surface area contributed by atoms with Gasteiger partial charge in [0.05, 0.1) is 5.75 Å². The highest BCUT2D eigenvalue weighted by Crippen LogP contribution is 2.22. The summed E-state index contributed by atoms with van der Waals surface area (Å²) in [7, 11) is -3.13. The van der Waals surface area contributed by atoms with Gasteiger partial charge in [-0.1, -0.05) is 31.5 Å². The van der Waals surface area contributed by atoms with Crippen LogP contribution in [0, 0.1) is 0 Å². The minimum absolute atomic E-state index is 0.172. The lowest BCUT2D eigenvalue weighted by Gasteiger charge is -2.29. The summed E-state index contributed by atoms with van der Waals surface area (Å²) in [5, 5.41) is 0. The van der Waals surface area contributed by atoms with Gasteiger partial charge in [0.15, 0.2) is 0 Å². The molecule has 0 aromatic heterocycles. The molecule has 0 bridgehead atoms. The zero-order valence-corrected chi connectivity index (χ0v) is 11.5. The van der Waals surface area contributed by atoms with Crippen LogP contribution in [-0.2, 0) is 16.6 Å². The summed E-state index contributed by atoms with van der Waals surface area (Å²) in [6.07, 6.45) is 2.20. The summed E-state index contributed by atoms with van der Waals surface area (Å²) in [5.41, 5.74) is 2.21. The molecule has 0 saturated heterocycles. The van der Waals surface area contributed by atoms with Crippen molar-refractivity contribution in [3.63, 3.8) is 0 Å². The average molecular weight is 268 g/mol. The van der Waals surface area contributed by atoms with Crippen molar-refractivity contribution in [1.82, 2.24) is 4.72 Å². The molecule has 2 rings (SSSR count). The molecule has 1 aliphatic rings. The number of benzene rings is 1. The molecule has 0 fully saturated rings. The topological polar surface area (TPSA) is 49.4 Å². The molecule has 0 amide bonds. The Morgan fingerprint density at radius 2 is 2.11 bits per heavy atom. The number of sulfonamides is 1. The summed E-state index contributed by atoms with van der Waals surface area (Å²) >= 11 is 0. The molecule has 1 N–H and O–H groups in total. The molecule has 0 radical (unpaired) electrons. The summed E-state index contributed by atoms with van der Waals surface area (Å²) in [6.45, 7) is 4.02. The molecule has 0 spiro atoms. The maximum absolute atomic E-state index is 11.7. The van der Waals surface area contributed by atoms with Gasteiger partial charge in [-0.2, -0.15) is 0 Å². The molecule has 5 heteroatoms. The van der Waals surface area contributed by atoms with Gasteiger partial charge >= 0.3 is 0 Å². The van der Waals surface area contributed by atoms with E-state index in [0.29, 0.717) is 13.1 Å². The molecule has 1 aliphatic heterocycles. The Labute approximate surface area is 109 Å². The number of rotatable bonds is 3. The van der Waals surface area contributed by atoms with Gasteiger partial charge in [0.2, 0.25) is 10.0 Å². The van der Waals surface area contributed by atoms with Gasteiger partial charge in [0.25, 0.3) is 0 Å². The number of fused-ring (bicyclic) bond motifs is 1. The summed E-state index contributed by atoms with van der Waals surface area (Å²) in [6, 6.07) is 8.02. The van der Waals surface area contributed by atoms with Crippen molar-refractivity contribution in [2.45, 2.75) is 26.3 Å². The van der Waals surface area contributed by atoms with Crippen molar-refractivity contribution in [2.75, 3.05) is 23.7 Å². The maximum Gasteiger partial charge on any atom is 0.213 e. The van der Waals surface area contributed by atoms with Crippen LogP contribution in [0.1, 0.15) is 25.3 Å². The van der Waals surface area contributed by atoms with E-state index in [1.807, 2.05) is 18.2 Å². The first-order chi connectivity index (χ1) is 8.62. The second kappa shape index (κ2) is 5.71. The van der Waals surface area contributed by atoms with Crippen LogP contribution in [-0.4, -0.2) is 27.3 Å². The van der Waals surface area contributed by atoms with E-state index < -0.39 is 10.0 Å². The first-order valence-corrected chi connectivity index (χ1v) is 8.08. The smallest absolute Gasteiger partial charge is 0.213 e. The van der Waals surface area contributed by atoms with Gasteiger partial charge in [0, 0.05) is 25.3 Å². The van der Waals surface area contributed by atoms with Crippen molar-refractivity contribution in [1.29, 1.82) is 0 Å². The SMILES string of the molecule is CCCCN1CCS(=O)(=O)NCc2ccccc21. The number of hydrogen-bond acceptors (Lipinski definition) is 3. The molecule has 0 unspecified atom stereocenters. The fourth-order valence-electron chi connectivity index (χ4n) is 2.16. The van der Waals surface area contributed by atoms with E-state index in [4.69, 9.17) is 0 Å². The van der Waals surface area contributed by atoms with Crippen molar-refractivity contribution < 1.29 is 8.42 Å². The van der Waals surface area contributed by atoms with E-state index in [0.717, 1.165) is 30.6 Å². The number of para-hydroxylation sites is 1. The van der Waals surface area contributed by atoms with E-state index >= 15 is 0 Å². The zero-order valence-electron chi connectivity index (χ0n) is 10.7. The minimum Gasteiger partial charge on any atom is -0.370 e. The Hall–Kier alpha value is -1.07. The van der Waals surface area contributed by atoms with Crippen molar-refractivity contribution in [3.05, 3.63) is 29.8 Å². The van der Waals surface area contributed by atoms with Gasteiger partial charge in [0.1, 0.15) is 0 Å². The summed E-state index contributed by atoms with van der Waals surface area (Å²) in [5.74, 6) is 0.172. The molecule has 18 heavy (non-hydrogen) atoms. The second-order valence-electron chi connectivity index (χ2n) is 4.61. The fraction of sp³-hybridized carbons (Fsp3) is 0.538. The lowest BCUT2D eigenvalue weighted by atomic mass is 10.1. The summed E-state index contributed by atoms with van der Waals surface area (Å²) in [4.78, 5) is 2.19. The molecule has 100 valence electrons. The monoisotopic (exact) mass is 268 g/mol. The highest BCUT2D eigenvalue weighted by Gasteiger charge is 2.19. The van der Waals surface area contributed by atoms with Crippen LogP contribution < -0.4 is 9.62 Å². The lowest BCUT2D eigenvalue weighted by Crippen LogP contribution is -2.38. The number of nitrogens with one attached hydrogen (secondary N) is 1.